The summed E-state index contributed by atoms with van der Waals surface area (Å²) in [5.74, 6) is 0. The zero-order chi connectivity index (χ0) is 8.55. The number of nitrogens with zero attached hydrogens (tertiary/aromatic N) is 1. The molecule has 0 aliphatic heterocycles. The summed E-state index contributed by atoms with van der Waals surface area (Å²) in [4.78, 5) is 11.2. The van der Waals surface area contributed by atoms with E-state index in [1.165, 1.54) is 0 Å². The number of nitrogens with one attached hydrogen (secondary N) is 2. The van der Waals surface area contributed by atoms with E-state index in [0.717, 1.165) is 12.8 Å². The Morgan fingerprint density at radius 1 is 1.42 bits per heavy atom. The van der Waals surface area contributed by atoms with Crippen molar-refractivity contribution < 1.29 is 0 Å². The van der Waals surface area contributed by atoms with Gasteiger partial charge in [-0.2, -0.15) is 0 Å². The van der Waals surface area contributed by atoms with Gasteiger partial charge in [-0.15, -0.1) is 0 Å². The van der Waals surface area contributed by atoms with Crippen molar-refractivity contribution in [3.63, 3.8) is 0 Å². The van der Waals surface area contributed by atoms with Gasteiger partial charge in [-0.25, -0.2) is 9.89 Å². The number of H-pyrrole nitrogens is 2. The average Bonchev–Trinajstić information content (AvgIpc) is 2.61. The smallest absolute Gasteiger partial charge is 0.272 e. The van der Waals surface area contributed by atoms with Gasteiger partial charge in [-0.05, 0) is 25.1 Å². The first-order valence-corrected chi connectivity index (χ1v) is 4.24. The van der Waals surface area contributed by atoms with Crippen LogP contribution in [0.1, 0.15) is 18.9 Å². The summed E-state index contributed by atoms with van der Waals surface area (Å²) in [6.45, 7) is 0. The molecule has 0 radical (unpaired) electrons. The SMILES string of the molecule is O=c1[nH][nH]c(=S)n1C1CC=CC1. The normalized spacial score (nSPS) is 17.3. The van der Waals surface area contributed by atoms with E-state index in [2.05, 4.69) is 22.3 Å². The topological polar surface area (TPSA) is 53.6 Å². The van der Waals surface area contributed by atoms with Crippen LogP contribution in [-0.4, -0.2) is 14.8 Å². The van der Waals surface area contributed by atoms with E-state index in [1.54, 1.807) is 4.57 Å². The lowest BCUT2D eigenvalue weighted by atomic mass is 10.2. The number of rotatable bonds is 1. The summed E-state index contributed by atoms with van der Waals surface area (Å²) in [7, 11) is 0. The van der Waals surface area contributed by atoms with Gasteiger partial charge in [0.15, 0.2) is 4.77 Å². The third-order valence-corrected chi connectivity index (χ3v) is 2.36. The van der Waals surface area contributed by atoms with Crippen LogP contribution in [0.5, 0.6) is 0 Å². The first-order chi connectivity index (χ1) is 5.79. The maximum atomic E-state index is 11.2. The Balaban J connectivity index is 2.45. The maximum absolute atomic E-state index is 11.2. The van der Waals surface area contributed by atoms with E-state index in [0.29, 0.717) is 4.77 Å². The Hall–Kier alpha value is -1.10. The molecule has 1 aliphatic rings. The lowest BCUT2D eigenvalue weighted by Crippen LogP contribution is -2.20. The first-order valence-electron chi connectivity index (χ1n) is 3.83. The zero-order valence-electron chi connectivity index (χ0n) is 6.41. The molecule has 0 fully saturated rings. The highest BCUT2D eigenvalue weighted by Crippen LogP contribution is 2.21. The standard InChI is InChI=1S/C7H9N3OS/c11-6-8-9-7(12)10(6)5-3-1-2-4-5/h1-2,5H,3-4H2,(H,8,11)(H,9,12). The molecule has 5 heteroatoms. The summed E-state index contributed by atoms with van der Waals surface area (Å²) in [6.07, 6.45) is 5.93. The molecule has 0 amide bonds. The van der Waals surface area contributed by atoms with Crippen LogP contribution in [-0.2, 0) is 0 Å². The van der Waals surface area contributed by atoms with Gasteiger partial charge < -0.3 is 0 Å². The van der Waals surface area contributed by atoms with Crippen molar-refractivity contribution >= 4 is 12.2 Å². The largest absolute Gasteiger partial charge is 0.342 e. The van der Waals surface area contributed by atoms with Crippen LogP contribution in [0.4, 0.5) is 0 Å². The lowest BCUT2D eigenvalue weighted by molar-refractivity contribution is 0.514. The molecule has 4 nitrogen and oxygen atoms in total. The van der Waals surface area contributed by atoms with Gasteiger partial charge in [0.1, 0.15) is 0 Å². The molecule has 0 unspecified atom stereocenters. The third kappa shape index (κ3) is 1.06. The van der Waals surface area contributed by atoms with Crippen molar-refractivity contribution in [3.05, 3.63) is 27.4 Å². The fourth-order valence-corrected chi connectivity index (χ4v) is 1.75. The van der Waals surface area contributed by atoms with E-state index in [4.69, 9.17) is 12.2 Å². The number of aromatic amines is 2. The minimum atomic E-state index is -0.145. The van der Waals surface area contributed by atoms with Gasteiger partial charge in [0.05, 0.1) is 0 Å². The predicted octanol–water partition coefficient (Wildman–Crippen LogP) is 1.13. The number of hydrogen-bond donors (Lipinski definition) is 2. The van der Waals surface area contributed by atoms with Crippen molar-refractivity contribution in [3.8, 4) is 0 Å². The predicted molar refractivity (Wildman–Crippen MR) is 47.6 cm³/mol. The fourth-order valence-electron chi connectivity index (χ4n) is 1.46. The molecule has 64 valence electrons. The molecule has 2 N–H and O–H groups in total. The third-order valence-electron chi connectivity index (χ3n) is 2.06. The Kier molecular flexibility index (Phi) is 1.73. The van der Waals surface area contributed by atoms with Crippen molar-refractivity contribution in [1.29, 1.82) is 0 Å². The molecule has 0 spiro atoms. The summed E-state index contributed by atoms with van der Waals surface area (Å²) in [6, 6.07) is 0.215. The second-order valence-corrected chi connectivity index (χ2v) is 3.21. The minimum Gasteiger partial charge on any atom is -0.272 e. The molecule has 12 heavy (non-hydrogen) atoms. The van der Waals surface area contributed by atoms with E-state index >= 15 is 0 Å². The van der Waals surface area contributed by atoms with Crippen LogP contribution in [0, 0.1) is 4.77 Å². The van der Waals surface area contributed by atoms with Crippen molar-refractivity contribution in [2.24, 2.45) is 0 Å². The van der Waals surface area contributed by atoms with Gasteiger partial charge in [0.25, 0.3) is 0 Å². The highest BCUT2D eigenvalue weighted by atomic mass is 32.1. The Labute approximate surface area is 73.9 Å². The van der Waals surface area contributed by atoms with Crippen LogP contribution in [0.25, 0.3) is 0 Å². The summed E-state index contributed by atoms with van der Waals surface area (Å²) >= 11 is 4.96. The van der Waals surface area contributed by atoms with Crippen molar-refractivity contribution in [2.45, 2.75) is 18.9 Å². The Morgan fingerprint density at radius 3 is 2.58 bits per heavy atom. The highest BCUT2D eigenvalue weighted by Gasteiger charge is 2.15. The number of allylic oxidation sites excluding steroid dienone is 2. The van der Waals surface area contributed by atoms with Gasteiger partial charge >= 0.3 is 5.69 Å². The number of aromatic nitrogens is 3. The highest BCUT2D eigenvalue weighted by molar-refractivity contribution is 7.71. The van der Waals surface area contributed by atoms with Crippen molar-refractivity contribution in [2.75, 3.05) is 0 Å². The van der Waals surface area contributed by atoms with E-state index in [-0.39, 0.29) is 11.7 Å². The molecule has 0 saturated carbocycles. The summed E-state index contributed by atoms with van der Waals surface area (Å²) in [5.41, 5.74) is -0.145. The molecule has 1 aromatic heterocycles. The molecule has 0 saturated heterocycles. The zero-order valence-corrected chi connectivity index (χ0v) is 7.23. The van der Waals surface area contributed by atoms with E-state index in [9.17, 15) is 4.79 Å². The van der Waals surface area contributed by atoms with E-state index in [1.807, 2.05) is 0 Å². The minimum absolute atomic E-state index is 0.145. The molecule has 1 aliphatic carbocycles. The number of hydrogen-bond acceptors (Lipinski definition) is 2. The Bertz CT molecular complexity index is 375. The van der Waals surface area contributed by atoms with Crippen LogP contribution in [0.2, 0.25) is 0 Å². The van der Waals surface area contributed by atoms with Crippen LogP contribution < -0.4 is 5.69 Å². The monoisotopic (exact) mass is 183 g/mol. The van der Waals surface area contributed by atoms with E-state index < -0.39 is 0 Å². The summed E-state index contributed by atoms with van der Waals surface area (Å²) in [5, 5.41) is 5.09. The quantitative estimate of drug-likeness (QED) is 0.506. The maximum Gasteiger partial charge on any atom is 0.342 e. The van der Waals surface area contributed by atoms with Gasteiger partial charge in [-0.3, -0.25) is 9.67 Å². The van der Waals surface area contributed by atoms with Crippen LogP contribution in [0.3, 0.4) is 0 Å². The molecule has 1 aromatic rings. The van der Waals surface area contributed by atoms with Crippen molar-refractivity contribution in [1.82, 2.24) is 14.8 Å². The Morgan fingerprint density at radius 2 is 2.08 bits per heavy atom. The molecule has 1 heterocycles. The van der Waals surface area contributed by atoms with Gasteiger partial charge in [-0.1, -0.05) is 12.2 Å². The second-order valence-electron chi connectivity index (χ2n) is 2.83. The van der Waals surface area contributed by atoms with Gasteiger partial charge in [0.2, 0.25) is 0 Å². The fraction of sp³-hybridized carbons (Fsp3) is 0.429. The van der Waals surface area contributed by atoms with Gasteiger partial charge in [0, 0.05) is 6.04 Å². The second kappa shape index (κ2) is 2.75. The average molecular weight is 183 g/mol. The first kappa shape index (κ1) is 7.54. The molecule has 0 aromatic carbocycles. The molecule has 0 atom stereocenters. The molecule has 2 rings (SSSR count). The van der Waals surface area contributed by atoms with Crippen LogP contribution >= 0.6 is 12.2 Å². The molecule has 0 bridgehead atoms. The van der Waals surface area contributed by atoms with Crippen LogP contribution in [0.15, 0.2) is 16.9 Å². The lowest BCUT2D eigenvalue weighted by Gasteiger charge is -2.07. The summed E-state index contributed by atoms with van der Waals surface area (Å²) < 4.78 is 2.07. The molecular weight excluding hydrogens is 174 g/mol. The molecular formula is C7H9N3OS.